The highest BCUT2D eigenvalue weighted by Crippen LogP contribution is 2.43. The fourth-order valence-electron chi connectivity index (χ4n) is 6.99. The van der Waals surface area contributed by atoms with Gasteiger partial charge in [-0.15, -0.1) is 0 Å². The Labute approximate surface area is 282 Å². The second-order valence-electron chi connectivity index (χ2n) is 14.8. The van der Waals surface area contributed by atoms with Gasteiger partial charge in [-0.2, -0.15) is 26.3 Å². The molecule has 0 bridgehead atoms. The Hall–Kier alpha value is -3.61. The molecule has 0 amide bonds. The van der Waals surface area contributed by atoms with Crippen molar-refractivity contribution < 1.29 is 31.1 Å². The molecule has 264 valence electrons. The fraction of sp³-hybridized carbons (Fsp3) is 0.583. The molecule has 0 spiro atoms. The molecule has 13 heteroatoms. The van der Waals surface area contributed by atoms with Crippen LogP contribution in [0.5, 0.6) is 0 Å². The molecule has 3 fully saturated rings. The summed E-state index contributed by atoms with van der Waals surface area (Å²) in [7, 11) is 0. The van der Waals surface area contributed by atoms with Gasteiger partial charge in [0.25, 0.3) is 0 Å². The van der Waals surface area contributed by atoms with Crippen LogP contribution < -0.4 is 14.7 Å². The maximum Gasteiger partial charge on any atom is 0.416 e. The van der Waals surface area contributed by atoms with E-state index < -0.39 is 23.5 Å². The van der Waals surface area contributed by atoms with Crippen LogP contribution in [-0.4, -0.2) is 54.3 Å². The van der Waals surface area contributed by atoms with Crippen LogP contribution in [0.25, 0.3) is 0 Å². The van der Waals surface area contributed by atoms with E-state index in [1.807, 2.05) is 0 Å². The van der Waals surface area contributed by atoms with Gasteiger partial charge >= 0.3 is 12.4 Å². The number of aromatic nitrogens is 3. The molecule has 1 saturated heterocycles. The summed E-state index contributed by atoms with van der Waals surface area (Å²) in [6, 6.07) is 3.91. The quantitative estimate of drug-likeness (QED) is 0.191. The standard InChI is InChI=1S/C36H42F6N6O/c1-34(2)8-7-26-15-27(32(45-31(26)34)47(19-23-3-4-23)20-24-5-6-24)22-48(33-43-17-30(18-44-33)46-9-11-49-12-10-46)21-25-13-28(35(37,38)39)16-29(14-25)36(40,41)42/h13-18,23-24H,3-12,19-22H2,1-2H3. The van der Waals surface area contributed by atoms with Crippen molar-refractivity contribution in [2.45, 2.75) is 83.2 Å². The van der Waals surface area contributed by atoms with Crippen molar-refractivity contribution in [2.24, 2.45) is 11.8 Å². The predicted octanol–water partition coefficient (Wildman–Crippen LogP) is 7.80. The van der Waals surface area contributed by atoms with E-state index in [2.05, 4.69) is 39.7 Å². The third-order valence-corrected chi connectivity index (χ3v) is 10.1. The second kappa shape index (κ2) is 12.9. The largest absolute Gasteiger partial charge is 0.416 e. The maximum absolute atomic E-state index is 13.9. The van der Waals surface area contributed by atoms with Gasteiger partial charge in [0, 0.05) is 50.2 Å². The van der Waals surface area contributed by atoms with Gasteiger partial charge in [0.05, 0.1) is 48.1 Å². The Morgan fingerprint density at radius 3 is 1.96 bits per heavy atom. The van der Waals surface area contributed by atoms with E-state index in [0.717, 1.165) is 66.4 Å². The predicted molar refractivity (Wildman–Crippen MR) is 175 cm³/mol. The summed E-state index contributed by atoms with van der Waals surface area (Å²) in [5.41, 5.74) is 0.919. The van der Waals surface area contributed by atoms with Crippen molar-refractivity contribution in [2.75, 3.05) is 54.1 Å². The van der Waals surface area contributed by atoms with Crippen LogP contribution in [0.2, 0.25) is 0 Å². The number of halogens is 6. The van der Waals surface area contributed by atoms with Crippen molar-refractivity contribution in [3.63, 3.8) is 0 Å². The number of hydrogen-bond donors (Lipinski definition) is 0. The zero-order valence-corrected chi connectivity index (χ0v) is 27.9. The molecule has 3 aromatic rings. The molecule has 49 heavy (non-hydrogen) atoms. The molecule has 1 aromatic carbocycles. The smallest absolute Gasteiger partial charge is 0.378 e. The van der Waals surface area contributed by atoms with Gasteiger partial charge in [0.15, 0.2) is 0 Å². The summed E-state index contributed by atoms with van der Waals surface area (Å²) in [5.74, 6) is 2.24. The maximum atomic E-state index is 13.9. The first-order chi connectivity index (χ1) is 23.2. The summed E-state index contributed by atoms with van der Waals surface area (Å²) >= 11 is 0. The van der Waals surface area contributed by atoms with Gasteiger partial charge < -0.3 is 19.4 Å². The number of hydrogen-bond acceptors (Lipinski definition) is 7. The van der Waals surface area contributed by atoms with Crippen LogP contribution in [0.1, 0.15) is 79.5 Å². The van der Waals surface area contributed by atoms with Gasteiger partial charge in [-0.3, -0.25) is 0 Å². The molecular weight excluding hydrogens is 646 g/mol. The molecule has 4 aliphatic rings. The lowest BCUT2D eigenvalue weighted by atomic mass is 9.90. The number of benzene rings is 1. The lowest BCUT2D eigenvalue weighted by Gasteiger charge is -2.31. The van der Waals surface area contributed by atoms with Crippen molar-refractivity contribution in [1.82, 2.24) is 15.0 Å². The van der Waals surface area contributed by atoms with Gasteiger partial charge in [-0.05, 0) is 85.8 Å². The molecule has 3 heterocycles. The first-order valence-electron chi connectivity index (χ1n) is 17.2. The molecule has 0 radical (unpaired) electrons. The minimum atomic E-state index is -4.95. The topological polar surface area (TPSA) is 57.6 Å². The molecule has 2 saturated carbocycles. The Morgan fingerprint density at radius 1 is 0.816 bits per heavy atom. The minimum absolute atomic E-state index is 0.0996. The lowest BCUT2D eigenvalue weighted by molar-refractivity contribution is -0.143. The zero-order chi connectivity index (χ0) is 34.6. The number of anilines is 3. The van der Waals surface area contributed by atoms with Gasteiger partial charge in [-0.1, -0.05) is 13.8 Å². The number of aryl methyl sites for hydroxylation is 1. The van der Waals surface area contributed by atoms with Crippen LogP contribution in [0.15, 0.2) is 36.7 Å². The van der Waals surface area contributed by atoms with E-state index in [4.69, 9.17) is 9.72 Å². The molecule has 7 nitrogen and oxygen atoms in total. The number of alkyl halides is 6. The average Bonchev–Trinajstić information content (AvgIpc) is 4.00. The summed E-state index contributed by atoms with van der Waals surface area (Å²) in [4.78, 5) is 20.7. The normalized spacial score (nSPS) is 19.2. The molecule has 0 N–H and O–H groups in total. The fourth-order valence-corrected chi connectivity index (χ4v) is 6.99. The molecule has 2 aromatic heterocycles. The van der Waals surface area contributed by atoms with Gasteiger partial charge in [0.2, 0.25) is 5.95 Å². The molecule has 3 aliphatic carbocycles. The SMILES string of the molecule is CC1(C)CCc2cc(CN(Cc3cc(C(F)(F)F)cc(C(F)(F)F)c3)c3ncc(N4CCOCC4)cn3)c(N(CC3CC3)CC3CC3)nc21. The summed E-state index contributed by atoms with van der Waals surface area (Å²) in [6.45, 7) is 8.50. The first kappa shape index (κ1) is 33.9. The van der Waals surface area contributed by atoms with E-state index in [0.29, 0.717) is 38.1 Å². The number of fused-ring (bicyclic) bond motifs is 1. The van der Waals surface area contributed by atoms with Crippen LogP contribution in [0.3, 0.4) is 0 Å². The van der Waals surface area contributed by atoms with E-state index in [1.165, 1.54) is 25.7 Å². The first-order valence-corrected chi connectivity index (χ1v) is 17.2. The lowest BCUT2D eigenvalue weighted by Crippen LogP contribution is -2.36. The van der Waals surface area contributed by atoms with Crippen LogP contribution in [-0.2, 0) is 42.0 Å². The molecular formula is C36H42F6N6O. The average molecular weight is 689 g/mol. The Morgan fingerprint density at radius 2 is 1.41 bits per heavy atom. The van der Waals surface area contributed by atoms with Crippen LogP contribution in [0.4, 0.5) is 43.8 Å². The third kappa shape index (κ3) is 7.91. The summed E-state index contributed by atoms with van der Waals surface area (Å²) in [6.07, 6.45) is -0.126. The highest BCUT2D eigenvalue weighted by atomic mass is 19.4. The van der Waals surface area contributed by atoms with E-state index in [-0.39, 0.29) is 36.1 Å². The molecule has 7 rings (SSSR count). The van der Waals surface area contributed by atoms with E-state index in [1.54, 1.807) is 17.3 Å². The van der Waals surface area contributed by atoms with Gasteiger partial charge in [-0.25, -0.2) is 15.0 Å². The van der Waals surface area contributed by atoms with Crippen molar-refractivity contribution in [1.29, 1.82) is 0 Å². The number of pyridine rings is 1. The summed E-state index contributed by atoms with van der Waals surface area (Å²) < 4.78 is 88.7. The van der Waals surface area contributed by atoms with Gasteiger partial charge in [0.1, 0.15) is 5.82 Å². The zero-order valence-electron chi connectivity index (χ0n) is 27.9. The Bertz CT molecular complexity index is 1600. The molecule has 0 unspecified atom stereocenters. The highest BCUT2D eigenvalue weighted by molar-refractivity contribution is 5.55. The monoisotopic (exact) mass is 688 g/mol. The third-order valence-electron chi connectivity index (χ3n) is 10.1. The van der Waals surface area contributed by atoms with Crippen molar-refractivity contribution >= 4 is 17.5 Å². The minimum Gasteiger partial charge on any atom is -0.378 e. The van der Waals surface area contributed by atoms with Crippen molar-refractivity contribution in [3.8, 4) is 0 Å². The second-order valence-corrected chi connectivity index (χ2v) is 14.8. The summed E-state index contributed by atoms with van der Waals surface area (Å²) in [5, 5.41) is 0. The van der Waals surface area contributed by atoms with Crippen LogP contribution >= 0.6 is 0 Å². The van der Waals surface area contributed by atoms with Crippen LogP contribution in [0, 0.1) is 11.8 Å². The Kier molecular flexibility index (Phi) is 8.94. The molecule has 0 atom stereocenters. The number of rotatable bonds is 11. The number of nitrogens with zero attached hydrogens (tertiary/aromatic N) is 6. The highest BCUT2D eigenvalue weighted by Gasteiger charge is 2.38. The number of ether oxygens (including phenoxy) is 1. The van der Waals surface area contributed by atoms with E-state index >= 15 is 0 Å². The molecule has 1 aliphatic heterocycles. The van der Waals surface area contributed by atoms with E-state index in [9.17, 15) is 26.3 Å². The Balaban J connectivity index is 1.30. The number of morpholine rings is 1. The van der Waals surface area contributed by atoms with Crippen molar-refractivity contribution in [3.05, 3.63) is 70.2 Å².